The van der Waals surface area contributed by atoms with Gasteiger partial charge in [-0.3, -0.25) is 24.2 Å². The average Bonchev–Trinajstić information content (AvgIpc) is 2.84. The van der Waals surface area contributed by atoms with Crippen LogP contribution in [0.4, 0.5) is 0 Å². The first kappa shape index (κ1) is 32.6. The Morgan fingerprint density at radius 1 is 0.923 bits per heavy atom. The summed E-state index contributed by atoms with van der Waals surface area (Å²) in [6.45, 7) is 1.31. The fourth-order valence-corrected chi connectivity index (χ4v) is 3.35. The van der Waals surface area contributed by atoms with Crippen LogP contribution in [-0.2, 0) is 30.4 Å². The highest BCUT2D eigenvalue weighted by Gasteiger charge is 2.33. The van der Waals surface area contributed by atoms with Crippen LogP contribution >= 0.6 is 0 Å². The maximum atomic E-state index is 12.9. The molecule has 0 aliphatic carbocycles. The van der Waals surface area contributed by atoms with E-state index in [1.54, 1.807) is 12.1 Å². The summed E-state index contributed by atoms with van der Waals surface area (Å²) in [5.41, 5.74) is 22.1. The fraction of sp³-hybridized carbons (Fsp3) is 0.478. The van der Waals surface area contributed by atoms with Crippen LogP contribution in [0.5, 0.6) is 5.75 Å². The molecule has 0 aromatic heterocycles. The van der Waals surface area contributed by atoms with Gasteiger partial charge in [0, 0.05) is 6.54 Å². The zero-order valence-corrected chi connectivity index (χ0v) is 21.4. The summed E-state index contributed by atoms with van der Waals surface area (Å²) in [5, 5.41) is 35.6. The molecule has 14 N–H and O–H groups in total. The van der Waals surface area contributed by atoms with E-state index in [4.69, 9.17) is 22.9 Å². The number of carboxylic acids is 1. The molecule has 216 valence electrons. The van der Waals surface area contributed by atoms with Crippen LogP contribution in [0.1, 0.15) is 31.7 Å². The zero-order chi connectivity index (χ0) is 29.7. The van der Waals surface area contributed by atoms with E-state index in [0.29, 0.717) is 5.56 Å². The number of carboxylic acid groups (broad SMARTS) is 1. The summed E-state index contributed by atoms with van der Waals surface area (Å²) in [5.74, 6) is -5.40. The topological polar surface area (TPSA) is 299 Å². The molecule has 0 fully saturated rings. The van der Waals surface area contributed by atoms with Gasteiger partial charge in [0.25, 0.3) is 0 Å². The van der Waals surface area contributed by atoms with Gasteiger partial charge in [-0.05, 0) is 43.9 Å². The number of guanidine groups is 1. The number of carbonyl (C=O) groups excluding carboxylic acids is 4. The van der Waals surface area contributed by atoms with Crippen LogP contribution in [-0.4, -0.2) is 87.7 Å². The molecule has 0 aliphatic heterocycles. The molecule has 0 saturated heterocycles. The van der Waals surface area contributed by atoms with E-state index in [0.717, 1.165) is 0 Å². The van der Waals surface area contributed by atoms with Gasteiger partial charge in [-0.15, -0.1) is 0 Å². The van der Waals surface area contributed by atoms with Gasteiger partial charge in [-0.25, -0.2) is 4.79 Å². The number of rotatable bonds is 16. The Hall–Kier alpha value is -4.44. The number of hydrogen-bond acceptors (Lipinski definition) is 9. The summed E-state index contributed by atoms with van der Waals surface area (Å²) in [4.78, 5) is 65.1. The molecule has 0 heterocycles. The monoisotopic (exact) mass is 552 g/mol. The molecule has 1 aromatic carbocycles. The van der Waals surface area contributed by atoms with Gasteiger partial charge >= 0.3 is 5.97 Å². The average molecular weight is 553 g/mol. The number of carbonyl (C=O) groups is 5. The number of amides is 4. The number of primary amides is 1. The Kier molecular flexibility index (Phi) is 13.1. The molecule has 1 aromatic rings. The molecule has 16 nitrogen and oxygen atoms in total. The Morgan fingerprint density at radius 2 is 1.51 bits per heavy atom. The van der Waals surface area contributed by atoms with E-state index in [1.807, 2.05) is 0 Å². The summed E-state index contributed by atoms with van der Waals surface area (Å²) in [6.07, 6.45) is -1.97. The van der Waals surface area contributed by atoms with E-state index >= 15 is 0 Å². The van der Waals surface area contributed by atoms with Crippen molar-refractivity contribution in [3.63, 3.8) is 0 Å². The normalized spacial score (nSPS) is 14.5. The molecule has 0 spiro atoms. The van der Waals surface area contributed by atoms with E-state index in [-0.39, 0.29) is 37.5 Å². The summed E-state index contributed by atoms with van der Waals surface area (Å²) in [7, 11) is 0. The number of nitrogens with one attached hydrogen (secondary N) is 3. The number of aromatic hydroxyl groups is 1. The zero-order valence-electron chi connectivity index (χ0n) is 21.4. The van der Waals surface area contributed by atoms with E-state index in [9.17, 15) is 39.3 Å². The van der Waals surface area contributed by atoms with Crippen molar-refractivity contribution in [1.29, 1.82) is 0 Å². The third-order valence-corrected chi connectivity index (χ3v) is 5.39. The summed E-state index contributed by atoms with van der Waals surface area (Å²) < 4.78 is 0. The van der Waals surface area contributed by atoms with Crippen molar-refractivity contribution < 1.29 is 39.3 Å². The molecule has 39 heavy (non-hydrogen) atoms. The van der Waals surface area contributed by atoms with Crippen molar-refractivity contribution in [2.75, 3.05) is 6.54 Å². The first-order chi connectivity index (χ1) is 18.2. The highest BCUT2D eigenvalue weighted by Crippen LogP contribution is 2.11. The Bertz CT molecular complexity index is 1040. The number of nitrogens with two attached hydrogens (primary N) is 4. The first-order valence-corrected chi connectivity index (χ1v) is 11.9. The van der Waals surface area contributed by atoms with Gasteiger partial charge in [-0.2, -0.15) is 0 Å². The fourth-order valence-electron chi connectivity index (χ4n) is 3.35. The van der Waals surface area contributed by atoms with Gasteiger partial charge in [0.2, 0.25) is 23.6 Å². The molecule has 0 radical (unpaired) electrons. The van der Waals surface area contributed by atoms with Crippen LogP contribution in [0.15, 0.2) is 29.3 Å². The van der Waals surface area contributed by atoms with E-state index in [1.165, 1.54) is 19.1 Å². The smallest absolute Gasteiger partial charge is 0.326 e. The number of aliphatic hydroxyl groups excluding tert-OH is 1. The largest absolute Gasteiger partial charge is 0.508 e. The van der Waals surface area contributed by atoms with Crippen molar-refractivity contribution in [2.24, 2.45) is 27.9 Å². The minimum Gasteiger partial charge on any atom is -0.508 e. The van der Waals surface area contributed by atoms with Crippen molar-refractivity contribution in [1.82, 2.24) is 16.0 Å². The number of phenols is 1. The molecule has 5 atom stereocenters. The second kappa shape index (κ2) is 15.7. The minimum atomic E-state index is -1.61. The Morgan fingerprint density at radius 3 is 2.03 bits per heavy atom. The maximum Gasteiger partial charge on any atom is 0.326 e. The van der Waals surface area contributed by atoms with Crippen LogP contribution in [0.3, 0.4) is 0 Å². The predicted molar refractivity (Wildman–Crippen MR) is 139 cm³/mol. The lowest BCUT2D eigenvalue weighted by molar-refractivity contribution is -0.142. The van der Waals surface area contributed by atoms with Crippen molar-refractivity contribution in [2.45, 2.75) is 62.9 Å². The van der Waals surface area contributed by atoms with Gasteiger partial charge < -0.3 is 54.2 Å². The Labute approximate surface area is 224 Å². The SMILES string of the molecule is CC(O)C(NC(=O)C(N)Cc1ccc(O)cc1)C(=O)NC(CC(N)=O)C(=O)NC(CCCN=C(N)N)C(=O)O. The first-order valence-electron chi connectivity index (χ1n) is 11.9. The number of phenolic OH excluding ortho intramolecular Hbond substituents is 1. The molecule has 16 heteroatoms. The van der Waals surface area contributed by atoms with Crippen LogP contribution in [0.25, 0.3) is 0 Å². The lowest BCUT2D eigenvalue weighted by atomic mass is 10.0. The van der Waals surface area contributed by atoms with Crippen LogP contribution in [0.2, 0.25) is 0 Å². The standard InChI is InChI=1S/C23H36N8O8/c1-11(32)18(31-19(35)14(24)9-12-4-6-13(33)7-5-12)21(37)30-16(10-17(25)34)20(36)29-15(22(38)39)3-2-8-28-23(26)27/h4-7,11,14-16,18,32-33H,2-3,8-10,24H2,1H3,(H2,25,34)(H,29,36)(H,30,37)(H,31,35)(H,38,39)(H4,26,27,28). The van der Waals surface area contributed by atoms with Gasteiger partial charge in [0.05, 0.1) is 18.6 Å². The van der Waals surface area contributed by atoms with Crippen LogP contribution < -0.4 is 38.9 Å². The molecular formula is C23H36N8O8. The highest BCUT2D eigenvalue weighted by atomic mass is 16.4. The molecule has 0 bridgehead atoms. The third kappa shape index (κ3) is 12.1. The maximum absolute atomic E-state index is 12.9. The van der Waals surface area contributed by atoms with Crippen molar-refractivity contribution in [3.05, 3.63) is 29.8 Å². The van der Waals surface area contributed by atoms with E-state index in [2.05, 4.69) is 20.9 Å². The van der Waals surface area contributed by atoms with Crippen molar-refractivity contribution in [3.8, 4) is 5.75 Å². The molecule has 0 saturated carbocycles. The number of nitrogens with zero attached hydrogens (tertiary/aromatic N) is 1. The van der Waals surface area contributed by atoms with Gasteiger partial charge in [-0.1, -0.05) is 12.1 Å². The number of hydrogen-bond donors (Lipinski definition) is 10. The summed E-state index contributed by atoms with van der Waals surface area (Å²) >= 11 is 0. The summed E-state index contributed by atoms with van der Waals surface area (Å²) in [6, 6.07) is 0.204. The van der Waals surface area contributed by atoms with Gasteiger partial charge in [0.15, 0.2) is 5.96 Å². The lowest BCUT2D eigenvalue weighted by Gasteiger charge is -2.26. The molecule has 4 amide bonds. The lowest BCUT2D eigenvalue weighted by Crippen LogP contribution is -2.60. The minimum absolute atomic E-state index is 0.0257. The molecule has 1 rings (SSSR count). The molecular weight excluding hydrogens is 516 g/mol. The molecule has 5 unspecified atom stereocenters. The third-order valence-electron chi connectivity index (χ3n) is 5.39. The Balaban J connectivity index is 2.91. The molecule has 0 aliphatic rings. The predicted octanol–water partition coefficient (Wildman–Crippen LogP) is -3.89. The number of benzene rings is 1. The number of aliphatic imine (C=N–C) groups is 1. The number of aliphatic hydroxyl groups is 1. The second-order valence-electron chi connectivity index (χ2n) is 8.78. The highest BCUT2D eigenvalue weighted by molar-refractivity contribution is 5.96. The quantitative estimate of drug-likeness (QED) is 0.0537. The van der Waals surface area contributed by atoms with Crippen LogP contribution in [0, 0.1) is 0 Å². The number of aliphatic carboxylic acids is 1. The van der Waals surface area contributed by atoms with Gasteiger partial charge in [0.1, 0.15) is 23.9 Å². The second-order valence-corrected chi connectivity index (χ2v) is 8.78. The van der Waals surface area contributed by atoms with E-state index < -0.39 is 66.3 Å². The van der Waals surface area contributed by atoms with Crippen molar-refractivity contribution >= 4 is 35.6 Å².